The average molecular weight is 211 g/mol. The predicted octanol–water partition coefficient (Wildman–Crippen LogP) is 3.34. The molecule has 0 heterocycles. The number of aliphatic hydroxyl groups excluding tert-OH is 1. The van der Waals surface area contributed by atoms with E-state index in [1.807, 2.05) is 24.3 Å². The molecular weight excluding hydrogens is 196 g/mol. The van der Waals surface area contributed by atoms with Crippen LogP contribution in [0.15, 0.2) is 42.5 Å². The highest BCUT2D eigenvalue weighted by Crippen LogP contribution is 2.23. The van der Waals surface area contributed by atoms with Crippen LogP contribution in [0.25, 0.3) is 11.1 Å². The zero-order valence-corrected chi connectivity index (χ0v) is 9.40. The van der Waals surface area contributed by atoms with E-state index in [0.29, 0.717) is 0 Å². The normalized spacial score (nSPS) is 10.4. The lowest BCUT2D eigenvalue weighted by Crippen LogP contribution is -1.86. The largest absolute Gasteiger partial charge is 0.392 e. The summed E-state index contributed by atoms with van der Waals surface area (Å²) in [5, 5.41) is 9.10. The Hall–Kier alpha value is -1.60. The minimum absolute atomic E-state index is 0.0803. The Kier molecular flexibility index (Phi) is 3.07. The summed E-state index contributed by atoms with van der Waals surface area (Å²) in [7, 11) is 0. The standard InChI is InChI=1S/C15H15O/c1-11-6-7-15(8-12(11)2)14-5-3-4-13(9-14)10-16/h3-9,16H,2,10H2,1H3. The van der Waals surface area contributed by atoms with Crippen molar-refractivity contribution >= 4 is 0 Å². The Morgan fingerprint density at radius 1 is 1.06 bits per heavy atom. The van der Waals surface area contributed by atoms with Crippen LogP contribution in [0.2, 0.25) is 0 Å². The van der Waals surface area contributed by atoms with Crippen molar-refractivity contribution < 1.29 is 5.11 Å². The quantitative estimate of drug-likeness (QED) is 0.807. The molecule has 0 unspecified atom stereocenters. The van der Waals surface area contributed by atoms with Gasteiger partial charge in [0.05, 0.1) is 6.61 Å². The summed E-state index contributed by atoms with van der Waals surface area (Å²) in [4.78, 5) is 0. The molecule has 0 aromatic heterocycles. The van der Waals surface area contributed by atoms with Crippen LogP contribution in [-0.2, 0) is 6.61 Å². The van der Waals surface area contributed by atoms with Crippen molar-refractivity contribution in [3.8, 4) is 11.1 Å². The molecule has 0 amide bonds. The molecule has 0 bridgehead atoms. The van der Waals surface area contributed by atoms with Gasteiger partial charge in [0, 0.05) is 0 Å². The second kappa shape index (κ2) is 4.50. The molecule has 0 aliphatic carbocycles. The van der Waals surface area contributed by atoms with Gasteiger partial charge in [-0.05, 0) is 47.7 Å². The molecule has 0 aliphatic rings. The molecular formula is C15H15O. The predicted molar refractivity (Wildman–Crippen MR) is 67.0 cm³/mol. The van der Waals surface area contributed by atoms with Crippen molar-refractivity contribution in [2.45, 2.75) is 13.5 Å². The minimum Gasteiger partial charge on any atom is -0.392 e. The lowest BCUT2D eigenvalue weighted by atomic mass is 9.99. The first-order chi connectivity index (χ1) is 7.70. The number of aliphatic hydroxyl groups is 1. The maximum Gasteiger partial charge on any atom is 0.0682 e. The van der Waals surface area contributed by atoms with Crippen LogP contribution in [0.1, 0.15) is 16.7 Å². The third-order valence-electron chi connectivity index (χ3n) is 2.79. The summed E-state index contributed by atoms with van der Waals surface area (Å²) in [6.07, 6.45) is 0. The van der Waals surface area contributed by atoms with Gasteiger partial charge in [-0.3, -0.25) is 0 Å². The van der Waals surface area contributed by atoms with Gasteiger partial charge in [0.2, 0.25) is 0 Å². The molecule has 2 aromatic rings. The van der Waals surface area contributed by atoms with Gasteiger partial charge in [-0.1, -0.05) is 36.4 Å². The fourth-order valence-corrected chi connectivity index (χ4v) is 1.70. The van der Waals surface area contributed by atoms with Crippen molar-refractivity contribution in [2.24, 2.45) is 0 Å². The molecule has 1 heteroatoms. The van der Waals surface area contributed by atoms with Crippen LogP contribution in [0.5, 0.6) is 0 Å². The van der Waals surface area contributed by atoms with E-state index in [2.05, 4.69) is 32.0 Å². The van der Waals surface area contributed by atoms with E-state index in [1.165, 1.54) is 5.56 Å². The highest BCUT2D eigenvalue weighted by Gasteiger charge is 2.00. The van der Waals surface area contributed by atoms with Gasteiger partial charge in [0.25, 0.3) is 0 Å². The van der Waals surface area contributed by atoms with Crippen molar-refractivity contribution in [2.75, 3.05) is 0 Å². The highest BCUT2D eigenvalue weighted by atomic mass is 16.3. The molecule has 0 spiro atoms. The maximum absolute atomic E-state index is 9.10. The summed E-state index contributed by atoms with van der Waals surface area (Å²) in [5.41, 5.74) is 5.44. The molecule has 0 saturated heterocycles. The highest BCUT2D eigenvalue weighted by molar-refractivity contribution is 5.65. The van der Waals surface area contributed by atoms with Crippen molar-refractivity contribution in [3.63, 3.8) is 0 Å². The zero-order chi connectivity index (χ0) is 11.5. The summed E-state index contributed by atoms with van der Waals surface area (Å²) in [5.74, 6) is 0. The van der Waals surface area contributed by atoms with Crippen molar-refractivity contribution in [3.05, 3.63) is 66.1 Å². The molecule has 0 aliphatic heterocycles. The topological polar surface area (TPSA) is 20.2 Å². The second-order valence-electron chi connectivity index (χ2n) is 4.00. The lowest BCUT2D eigenvalue weighted by molar-refractivity contribution is 0.282. The van der Waals surface area contributed by atoms with Crippen LogP contribution in [0.3, 0.4) is 0 Å². The Morgan fingerprint density at radius 2 is 1.81 bits per heavy atom. The maximum atomic E-state index is 9.10. The first-order valence-corrected chi connectivity index (χ1v) is 5.33. The average Bonchev–Trinajstić information content (AvgIpc) is 2.33. The van der Waals surface area contributed by atoms with Crippen LogP contribution in [-0.4, -0.2) is 5.11 Å². The molecule has 1 nitrogen and oxygen atoms in total. The zero-order valence-electron chi connectivity index (χ0n) is 9.40. The molecule has 16 heavy (non-hydrogen) atoms. The summed E-state index contributed by atoms with van der Waals surface area (Å²) >= 11 is 0. The van der Waals surface area contributed by atoms with E-state index in [-0.39, 0.29) is 6.61 Å². The Balaban J connectivity index is 2.46. The number of hydrogen-bond donors (Lipinski definition) is 1. The van der Waals surface area contributed by atoms with E-state index in [0.717, 1.165) is 22.3 Å². The Morgan fingerprint density at radius 3 is 2.50 bits per heavy atom. The third-order valence-corrected chi connectivity index (χ3v) is 2.79. The van der Waals surface area contributed by atoms with Crippen molar-refractivity contribution in [1.82, 2.24) is 0 Å². The summed E-state index contributed by atoms with van der Waals surface area (Å²) in [6, 6.07) is 14.2. The molecule has 81 valence electrons. The number of rotatable bonds is 2. The number of aryl methyl sites for hydroxylation is 1. The minimum atomic E-state index is 0.0803. The second-order valence-corrected chi connectivity index (χ2v) is 4.00. The van der Waals surface area contributed by atoms with E-state index >= 15 is 0 Å². The SMILES string of the molecule is [CH2]c1cc(-c2cccc(CO)c2)ccc1C. The van der Waals surface area contributed by atoms with Crippen LogP contribution < -0.4 is 0 Å². The van der Waals surface area contributed by atoms with Gasteiger partial charge in [0.15, 0.2) is 0 Å². The first kappa shape index (κ1) is 10.9. The Labute approximate surface area is 96.4 Å². The van der Waals surface area contributed by atoms with E-state index < -0.39 is 0 Å². The third kappa shape index (κ3) is 2.15. The van der Waals surface area contributed by atoms with Crippen LogP contribution >= 0.6 is 0 Å². The molecule has 2 aromatic carbocycles. The van der Waals surface area contributed by atoms with Gasteiger partial charge >= 0.3 is 0 Å². The van der Waals surface area contributed by atoms with Gasteiger partial charge < -0.3 is 5.11 Å². The van der Waals surface area contributed by atoms with Gasteiger partial charge in [-0.2, -0.15) is 0 Å². The van der Waals surface area contributed by atoms with Crippen LogP contribution in [0, 0.1) is 13.8 Å². The molecule has 2 rings (SSSR count). The molecule has 0 saturated carbocycles. The monoisotopic (exact) mass is 211 g/mol. The van der Waals surface area contributed by atoms with Crippen molar-refractivity contribution in [1.29, 1.82) is 0 Å². The number of hydrogen-bond acceptors (Lipinski definition) is 1. The molecule has 1 N–H and O–H groups in total. The van der Waals surface area contributed by atoms with E-state index in [1.54, 1.807) is 0 Å². The van der Waals surface area contributed by atoms with Gasteiger partial charge in [-0.15, -0.1) is 0 Å². The number of benzene rings is 2. The fraction of sp³-hybridized carbons (Fsp3) is 0.133. The van der Waals surface area contributed by atoms with Crippen LogP contribution in [0.4, 0.5) is 0 Å². The van der Waals surface area contributed by atoms with Gasteiger partial charge in [0.1, 0.15) is 0 Å². The van der Waals surface area contributed by atoms with E-state index in [4.69, 9.17) is 5.11 Å². The molecule has 0 atom stereocenters. The summed E-state index contributed by atoms with van der Waals surface area (Å²) in [6.45, 7) is 6.13. The van der Waals surface area contributed by atoms with Gasteiger partial charge in [-0.25, -0.2) is 0 Å². The fourth-order valence-electron chi connectivity index (χ4n) is 1.70. The molecule has 0 fully saturated rings. The molecule has 1 radical (unpaired) electrons. The smallest absolute Gasteiger partial charge is 0.0682 e. The first-order valence-electron chi connectivity index (χ1n) is 5.33. The lowest BCUT2D eigenvalue weighted by Gasteiger charge is -2.06. The van der Waals surface area contributed by atoms with E-state index in [9.17, 15) is 0 Å². The Bertz CT molecular complexity index is 501. The summed E-state index contributed by atoms with van der Waals surface area (Å²) < 4.78 is 0.